The van der Waals surface area contributed by atoms with Crippen molar-refractivity contribution in [2.75, 3.05) is 7.11 Å². The molecular weight excluding hydrogens is 294 g/mol. The lowest BCUT2D eigenvalue weighted by atomic mass is 10.2. The Hall–Kier alpha value is -1.99. The average molecular weight is 304 g/mol. The monoisotopic (exact) mass is 303 g/mol. The molecule has 0 bridgehead atoms. The van der Waals surface area contributed by atoms with Crippen molar-refractivity contribution in [1.29, 1.82) is 5.26 Å². The zero-order valence-electron chi connectivity index (χ0n) is 9.68. The second-order valence-corrected chi connectivity index (χ2v) is 4.36. The van der Waals surface area contributed by atoms with Gasteiger partial charge in [0.05, 0.1) is 7.11 Å². The molecule has 0 aliphatic heterocycles. The maximum Gasteiger partial charge on any atom is 0.146 e. The molecule has 0 radical (unpaired) electrons. The second kappa shape index (κ2) is 5.56. The number of halogens is 1. The molecule has 0 aliphatic carbocycles. The van der Waals surface area contributed by atoms with Gasteiger partial charge in [-0.05, 0) is 40.2 Å². The third-order valence-corrected chi connectivity index (χ3v) is 3.02. The number of ether oxygens (including phenoxy) is 2. The minimum atomic E-state index is 0.473. The van der Waals surface area contributed by atoms with Crippen LogP contribution in [-0.4, -0.2) is 7.11 Å². The number of nitriles is 1. The molecule has 90 valence electrons. The van der Waals surface area contributed by atoms with E-state index in [4.69, 9.17) is 14.7 Å². The SMILES string of the molecule is COc1cccc(Oc2cccc(Br)c2C#N)c1. The van der Waals surface area contributed by atoms with Crippen LogP contribution in [0, 0.1) is 11.3 Å². The Morgan fingerprint density at radius 2 is 1.83 bits per heavy atom. The van der Waals surface area contributed by atoms with Gasteiger partial charge in [-0.1, -0.05) is 12.1 Å². The first kappa shape index (κ1) is 12.5. The Kier molecular flexibility index (Phi) is 3.85. The van der Waals surface area contributed by atoms with Crippen molar-refractivity contribution in [2.45, 2.75) is 0 Å². The van der Waals surface area contributed by atoms with Crippen LogP contribution in [-0.2, 0) is 0 Å². The molecule has 0 fully saturated rings. The number of nitrogens with zero attached hydrogens (tertiary/aromatic N) is 1. The molecule has 2 rings (SSSR count). The van der Waals surface area contributed by atoms with E-state index in [0.717, 1.165) is 0 Å². The number of benzene rings is 2. The lowest BCUT2D eigenvalue weighted by Gasteiger charge is -2.09. The molecule has 2 aromatic rings. The van der Waals surface area contributed by atoms with Gasteiger partial charge in [0.2, 0.25) is 0 Å². The quantitative estimate of drug-likeness (QED) is 0.856. The molecule has 0 aromatic heterocycles. The first-order valence-corrected chi connectivity index (χ1v) is 6.04. The summed E-state index contributed by atoms with van der Waals surface area (Å²) in [6.45, 7) is 0. The summed E-state index contributed by atoms with van der Waals surface area (Å²) in [5.74, 6) is 1.85. The minimum Gasteiger partial charge on any atom is -0.497 e. The van der Waals surface area contributed by atoms with E-state index >= 15 is 0 Å². The smallest absolute Gasteiger partial charge is 0.146 e. The van der Waals surface area contributed by atoms with Crippen molar-refractivity contribution in [3.63, 3.8) is 0 Å². The molecule has 2 aromatic carbocycles. The lowest BCUT2D eigenvalue weighted by molar-refractivity contribution is 0.409. The lowest BCUT2D eigenvalue weighted by Crippen LogP contribution is -1.90. The molecule has 0 aliphatic rings. The summed E-state index contributed by atoms with van der Waals surface area (Å²) in [6, 6.07) is 14.7. The average Bonchev–Trinajstić information content (AvgIpc) is 2.39. The van der Waals surface area contributed by atoms with Crippen LogP contribution in [0.3, 0.4) is 0 Å². The van der Waals surface area contributed by atoms with Crippen LogP contribution in [0.1, 0.15) is 5.56 Å². The standard InChI is InChI=1S/C14H10BrNO2/c1-17-10-4-2-5-11(8-10)18-14-7-3-6-13(15)12(14)9-16/h2-8H,1H3. The van der Waals surface area contributed by atoms with Crippen LogP contribution in [0.15, 0.2) is 46.9 Å². The van der Waals surface area contributed by atoms with Crippen molar-refractivity contribution < 1.29 is 9.47 Å². The summed E-state index contributed by atoms with van der Waals surface area (Å²) in [5.41, 5.74) is 0.473. The van der Waals surface area contributed by atoms with Gasteiger partial charge < -0.3 is 9.47 Å². The summed E-state index contributed by atoms with van der Waals surface area (Å²) in [7, 11) is 1.60. The molecule has 0 N–H and O–H groups in total. The molecule has 0 amide bonds. The summed E-state index contributed by atoms with van der Waals surface area (Å²) < 4.78 is 11.5. The van der Waals surface area contributed by atoms with E-state index in [1.165, 1.54) is 0 Å². The first-order valence-electron chi connectivity index (χ1n) is 5.25. The topological polar surface area (TPSA) is 42.2 Å². The predicted octanol–water partition coefficient (Wildman–Crippen LogP) is 4.12. The van der Waals surface area contributed by atoms with Gasteiger partial charge in [0, 0.05) is 10.5 Å². The molecule has 0 saturated heterocycles. The first-order chi connectivity index (χ1) is 8.74. The fourth-order valence-corrected chi connectivity index (χ4v) is 1.93. The van der Waals surface area contributed by atoms with Crippen molar-refractivity contribution in [1.82, 2.24) is 0 Å². The van der Waals surface area contributed by atoms with E-state index in [2.05, 4.69) is 22.0 Å². The summed E-state index contributed by atoms with van der Waals surface area (Å²) in [4.78, 5) is 0. The Bertz CT molecular complexity index is 605. The van der Waals surface area contributed by atoms with Gasteiger partial charge in [0.1, 0.15) is 28.9 Å². The Morgan fingerprint density at radius 3 is 2.56 bits per heavy atom. The molecule has 18 heavy (non-hydrogen) atoms. The highest BCUT2D eigenvalue weighted by molar-refractivity contribution is 9.10. The van der Waals surface area contributed by atoms with Crippen LogP contribution >= 0.6 is 15.9 Å². The maximum atomic E-state index is 9.09. The highest BCUT2D eigenvalue weighted by atomic mass is 79.9. The van der Waals surface area contributed by atoms with E-state index in [1.807, 2.05) is 24.3 Å². The van der Waals surface area contributed by atoms with Crippen LogP contribution in [0.5, 0.6) is 17.2 Å². The minimum absolute atomic E-state index is 0.473. The predicted molar refractivity (Wildman–Crippen MR) is 71.9 cm³/mol. The van der Waals surface area contributed by atoms with Crippen LogP contribution in [0.2, 0.25) is 0 Å². The zero-order valence-corrected chi connectivity index (χ0v) is 11.3. The van der Waals surface area contributed by atoms with E-state index in [9.17, 15) is 0 Å². The Morgan fingerprint density at radius 1 is 1.11 bits per heavy atom. The van der Waals surface area contributed by atoms with Crippen LogP contribution in [0.4, 0.5) is 0 Å². The van der Waals surface area contributed by atoms with Gasteiger partial charge in [0.15, 0.2) is 0 Å². The zero-order chi connectivity index (χ0) is 13.0. The van der Waals surface area contributed by atoms with E-state index in [-0.39, 0.29) is 0 Å². The van der Waals surface area contributed by atoms with Gasteiger partial charge in [-0.2, -0.15) is 5.26 Å². The van der Waals surface area contributed by atoms with Gasteiger partial charge in [-0.3, -0.25) is 0 Å². The van der Waals surface area contributed by atoms with Gasteiger partial charge in [-0.25, -0.2) is 0 Å². The number of hydrogen-bond donors (Lipinski definition) is 0. The number of methoxy groups -OCH3 is 1. The fourth-order valence-electron chi connectivity index (χ4n) is 1.49. The van der Waals surface area contributed by atoms with Gasteiger partial charge >= 0.3 is 0 Å². The number of rotatable bonds is 3. The molecule has 0 saturated carbocycles. The summed E-state index contributed by atoms with van der Waals surface area (Å²) in [5, 5.41) is 9.09. The number of hydrogen-bond acceptors (Lipinski definition) is 3. The highest BCUT2D eigenvalue weighted by Crippen LogP contribution is 2.31. The fraction of sp³-hybridized carbons (Fsp3) is 0.0714. The molecule has 0 spiro atoms. The van der Waals surface area contributed by atoms with Crippen molar-refractivity contribution in [2.24, 2.45) is 0 Å². The molecule has 4 heteroatoms. The normalized spacial score (nSPS) is 9.61. The Labute approximate surface area is 114 Å². The van der Waals surface area contributed by atoms with Crippen LogP contribution in [0.25, 0.3) is 0 Å². The van der Waals surface area contributed by atoms with Crippen molar-refractivity contribution in [3.8, 4) is 23.3 Å². The molecule has 3 nitrogen and oxygen atoms in total. The third kappa shape index (κ3) is 2.63. The van der Waals surface area contributed by atoms with Crippen molar-refractivity contribution >= 4 is 15.9 Å². The molecule has 0 atom stereocenters. The van der Waals surface area contributed by atoms with Gasteiger partial charge in [-0.15, -0.1) is 0 Å². The maximum absolute atomic E-state index is 9.09. The second-order valence-electron chi connectivity index (χ2n) is 3.51. The molecular formula is C14H10BrNO2. The molecule has 0 unspecified atom stereocenters. The van der Waals surface area contributed by atoms with Crippen LogP contribution < -0.4 is 9.47 Å². The summed E-state index contributed by atoms with van der Waals surface area (Å²) in [6.07, 6.45) is 0. The Balaban J connectivity index is 2.34. The van der Waals surface area contributed by atoms with Gasteiger partial charge in [0.25, 0.3) is 0 Å². The van der Waals surface area contributed by atoms with E-state index in [0.29, 0.717) is 27.3 Å². The largest absolute Gasteiger partial charge is 0.497 e. The molecule has 0 heterocycles. The highest BCUT2D eigenvalue weighted by Gasteiger charge is 2.08. The van der Waals surface area contributed by atoms with E-state index in [1.54, 1.807) is 25.3 Å². The van der Waals surface area contributed by atoms with Crippen molar-refractivity contribution in [3.05, 3.63) is 52.5 Å². The third-order valence-electron chi connectivity index (χ3n) is 2.36. The summed E-state index contributed by atoms with van der Waals surface area (Å²) >= 11 is 3.32. The van der Waals surface area contributed by atoms with E-state index < -0.39 is 0 Å².